The first kappa shape index (κ1) is 19.6. The van der Waals surface area contributed by atoms with Gasteiger partial charge in [-0.05, 0) is 48.4 Å². The Labute approximate surface area is 157 Å². The van der Waals surface area contributed by atoms with E-state index in [4.69, 9.17) is 4.74 Å². The van der Waals surface area contributed by atoms with Gasteiger partial charge in [0.15, 0.2) is 0 Å². The first-order valence-corrected chi connectivity index (χ1v) is 9.23. The molecule has 7 nitrogen and oxygen atoms in total. The second-order valence-corrected chi connectivity index (χ2v) is 7.41. The summed E-state index contributed by atoms with van der Waals surface area (Å²) in [5.74, 6) is -0.439. The van der Waals surface area contributed by atoms with Gasteiger partial charge in [-0.15, -0.1) is 5.10 Å². The molecule has 2 atom stereocenters. The van der Waals surface area contributed by atoms with E-state index in [1.807, 2.05) is 0 Å². The standard InChI is InChI=1S/C16H18F3N5O2S/c1-10(14(25)20-12-5-2-4-11(8-12)16(17,18)19)27-15-21-22-23-24(15)9-13-6-3-7-26-13/h2,4-5,8,10,13H,3,6-7,9H2,1H3,(H,20,25)/t10-,13+/m1/s1. The zero-order valence-corrected chi connectivity index (χ0v) is 15.3. The van der Waals surface area contributed by atoms with Crippen LogP contribution in [0.5, 0.6) is 0 Å². The second-order valence-electron chi connectivity index (χ2n) is 6.11. The van der Waals surface area contributed by atoms with Crippen LogP contribution in [0.15, 0.2) is 29.4 Å². The largest absolute Gasteiger partial charge is 0.416 e. The lowest BCUT2D eigenvalue weighted by molar-refractivity contribution is -0.137. The highest BCUT2D eigenvalue weighted by Crippen LogP contribution is 2.31. The van der Waals surface area contributed by atoms with Crippen molar-refractivity contribution in [2.24, 2.45) is 0 Å². The molecule has 1 aromatic heterocycles. The number of benzene rings is 1. The van der Waals surface area contributed by atoms with Gasteiger partial charge in [0.05, 0.1) is 23.5 Å². The van der Waals surface area contributed by atoms with Crippen molar-refractivity contribution in [1.82, 2.24) is 20.2 Å². The number of aromatic nitrogens is 4. The van der Waals surface area contributed by atoms with Crippen LogP contribution in [-0.2, 0) is 22.3 Å². The van der Waals surface area contributed by atoms with Gasteiger partial charge in [0.1, 0.15) is 0 Å². The molecular weight excluding hydrogens is 383 g/mol. The van der Waals surface area contributed by atoms with Crippen LogP contribution >= 0.6 is 11.8 Å². The number of hydrogen-bond donors (Lipinski definition) is 1. The van der Waals surface area contributed by atoms with Gasteiger partial charge in [0.25, 0.3) is 0 Å². The molecule has 0 spiro atoms. The number of halogens is 3. The molecule has 11 heteroatoms. The van der Waals surface area contributed by atoms with Crippen LogP contribution in [0.2, 0.25) is 0 Å². The van der Waals surface area contributed by atoms with Crippen molar-refractivity contribution in [3.8, 4) is 0 Å². The molecule has 0 unspecified atom stereocenters. The number of rotatable bonds is 6. The van der Waals surface area contributed by atoms with Crippen LogP contribution in [0.25, 0.3) is 0 Å². The smallest absolute Gasteiger partial charge is 0.376 e. The minimum absolute atomic E-state index is 0.0436. The van der Waals surface area contributed by atoms with E-state index < -0.39 is 22.9 Å². The number of nitrogens with zero attached hydrogens (tertiary/aromatic N) is 4. The average molecular weight is 401 g/mol. The summed E-state index contributed by atoms with van der Waals surface area (Å²) < 4.78 is 45.5. The summed E-state index contributed by atoms with van der Waals surface area (Å²) in [6.07, 6.45) is -2.51. The topological polar surface area (TPSA) is 81.9 Å². The Morgan fingerprint density at radius 1 is 1.48 bits per heavy atom. The van der Waals surface area contributed by atoms with Gasteiger partial charge < -0.3 is 10.1 Å². The monoisotopic (exact) mass is 401 g/mol. The lowest BCUT2D eigenvalue weighted by Gasteiger charge is -2.14. The van der Waals surface area contributed by atoms with Gasteiger partial charge in [-0.2, -0.15) is 13.2 Å². The predicted octanol–water partition coefficient (Wildman–Crippen LogP) is 2.99. The van der Waals surface area contributed by atoms with Crippen LogP contribution in [0.4, 0.5) is 18.9 Å². The molecule has 0 aliphatic carbocycles. The fraction of sp³-hybridized carbons (Fsp3) is 0.500. The summed E-state index contributed by atoms with van der Waals surface area (Å²) in [6.45, 7) is 2.85. The number of hydrogen-bond acceptors (Lipinski definition) is 6. The molecule has 1 amide bonds. The van der Waals surface area contributed by atoms with Crippen molar-refractivity contribution in [2.75, 3.05) is 11.9 Å². The Bertz CT molecular complexity index is 792. The number of amides is 1. The van der Waals surface area contributed by atoms with E-state index in [9.17, 15) is 18.0 Å². The van der Waals surface area contributed by atoms with E-state index in [1.165, 1.54) is 12.1 Å². The third kappa shape index (κ3) is 5.19. The first-order chi connectivity index (χ1) is 12.8. The molecule has 0 bridgehead atoms. The summed E-state index contributed by atoms with van der Waals surface area (Å²) in [4.78, 5) is 12.3. The SMILES string of the molecule is C[C@@H](Sc1nnnn1C[C@@H]1CCCO1)C(=O)Nc1cccc(C(F)(F)F)c1. The molecular formula is C16H18F3N5O2S. The van der Waals surface area contributed by atoms with E-state index in [1.54, 1.807) is 11.6 Å². The molecule has 146 valence electrons. The average Bonchev–Trinajstić information content (AvgIpc) is 3.27. The van der Waals surface area contributed by atoms with E-state index in [0.29, 0.717) is 18.3 Å². The predicted molar refractivity (Wildman–Crippen MR) is 92.2 cm³/mol. The number of nitrogens with one attached hydrogen (secondary N) is 1. The Kier molecular flexibility index (Phi) is 6.00. The van der Waals surface area contributed by atoms with Gasteiger partial charge >= 0.3 is 6.18 Å². The molecule has 1 N–H and O–H groups in total. The highest BCUT2D eigenvalue weighted by Gasteiger charge is 2.30. The van der Waals surface area contributed by atoms with Crippen molar-refractivity contribution >= 4 is 23.4 Å². The molecule has 3 rings (SSSR count). The number of carbonyl (C=O) groups is 1. The second kappa shape index (κ2) is 8.26. The van der Waals surface area contributed by atoms with Crippen LogP contribution in [0, 0.1) is 0 Å². The molecule has 0 radical (unpaired) electrons. The zero-order chi connectivity index (χ0) is 19.4. The van der Waals surface area contributed by atoms with Crippen molar-refractivity contribution in [1.29, 1.82) is 0 Å². The third-order valence-electron chi connectivity index (χ3n) is 4.01. The number of alkyl halides is 3. The number of ether oxygens (including phenoxy) is 1. The van der Waals surface area contributed by atoms with Gasteiger partial charge in [-0.25, -0.2) is 4.68 Å². The molecule has 27 heavy (non-hydrogen) atoms. The van der Waals surface area contributed by atoms with E-state index in [2.05, 4.69) is 20.8 Å². The normalized spacial score (nSPS) is 18.4. The molecule has 0 saturated carbocycles. The summed E-state index contributed by atoms with van der Waals surface area (Å²) >= 11 is 1.13. The summed E-state index contributed by atoms with van der Waals surface area (Å²) in [6, 6.07) is 4.51. The number of anilines is 1. The van der Waals surface area contributed by atoms with Crippen molar-refractivity contribution in [3.05, 3.63) is 29.8 Å². The summed E-state index contributed by atoms with van der Waals surface area (Å²) in [5.41, 5.74) is -0.734. The highest BCUT2D eigenvalue weighted by atomic mass is 32.2. The number of tetrazole rings is 1. The minimum atomic E-state index is -4.47. The number of thioether (sulfide) groups is 1. The zero-order valence-electron chi connectivity index (χ0n) is 14.4. The van der Waals surface area contributed by atoms with Gasteiger partial charge in [0, 0.05) is 12.3 Å². The van der Waals surface area contributed by atoms with Gasteiger partial charge in [0.2, 0.25) is 11.1 Å². The minimum Gasteiger partial charge on any atom is -0.376 e. The van der Waals surface area contributed by atoms with Crippen molar-refractivity contribution < 1.29 is 22.7 Å². The maximum Gasteiger partial charge on any atom is 0.416 e. The lowest BCUT2D eigenvalue weighted by Crippen LogP contribution is -2.24. The molecule has 2 heterocycles. The maximum atomic E-state index is 12.8. The Balaban J connectivity index is 1.61. The highest BCUT2D eigenvalue weighted by molar-refractivity contribution is 8.00. The van der Waals surface area contributed by atoms with Crippen LogP contribution in [0.3, 0.4) is 0 Å². The van der Waals surface area contributed by atoms with E-state index in [0.717, 1.165) is 36.7 Å². The third-order valence-corrected chi connectivity index (χ3v) is 5.08. The Morgan fingerprint density at radius 2 is 2.30 bits per heavy atom. The van der Waals surface area contributed by atoms with Crippen molar-refractivity contribution in [2.45, 2.75) is 49.0 Å². The Morgan fingerprint density at radius 3 is 3.00 bits per heavy atom. The molecule has 2 aromatic rings. The van der Waals surface area contributed by atoms with Crippen molar-refractivity contribution in [3.63, 3.8) is 0 Å². The van der Waals surface area contributed by atoms with E-state index in [-0.39, 0.29) is 11.8 Å². The van der Waals surface area contributed by atoms with Gasteiger partial charge in [-0.3, -0.25) is 4.79 Å². The van der Waals surface area contributed by atoms with Crippen LogP contribution in [-0.4, -0.2) is 44.1 Å². The molecule has 1 aliphatic rings. The maximum absolute atomic E-state index is 12.8. The van der Waals surface area contributed by atoms with Crippen LogP contribution in [0.1, 0.15) is 25.3 Å². The van der Waals surface area contributed by atoms with E-state index >= 15 is 0 Å². The number of carbonyl (C=O) groups excluding carboxylic acids is 1. The van der Waals surface area contributed by atoms with Gasteiger partial charge in [-0.1, -0.05) is 17.8 Å². The first-order valence-electron chi connectivity index (χ1n) is 8.35. The van der Waals surface area contributed by atoms with Crippen LogP contribution < -0.4 is 5.32 Å². The molecule has 1 aromatic carbocycles. The molecule has 1 aliphatic heterocycles. The Hall–Kier alpha value is -2.14. The molecule has 1 saturated heterocycles. The molecule has 1 fully saturated rings. The fourth-order valence-corrected chi connectivity index (χ4v) is 3.40. The summed E-state index contributed by atoms with van der Waals surface area (Å²) in [5, 5.41) is 13.8. The lowest BCUT2D eigenvalue weighted by atomic mass is 10.2. The fourth-order valence-electron chi connectivity index (χ4n) is 2.61. The quantitative estimate of drug-likeness (QED) is 0.750. The summed E-state index contributed by atoms with van der Waals surface area (Å²) in [7, 11) is 0.